The number of hydrogen-bond donors (Lipinski definition) is 0. The third kappa shape index (κ3) is 2.39. The van der Waals surface area contributed by atoms with Gasteiger partial charge in [0.05, 0.1) is 0 Å². The molecule has 1 saturated carbocycles. The van der Waals surface area contributed by atoms with E-state index >= 15 is 0 Å². The Morgan fingerprint density at radius 3 is 2.95 bits per heavy atom. The van der Waals surface area contributed by atoms with E-state index in [1.165, 1.54) is 12.8 Å². The summed E-state index contributed by atoms with van der Waals surface area (Å²) in [6.45, 7) is 0. The maximum atomic E-state index is 4.35. The Hall–Kier alpha value is -1.62. The van der Waals surface area contributed by atoms with E-state index in [-0.39, 0.29) is 0 Å². The van der Waals surface area contributed by atoms with Crippen molar-refractivity contribution in [3.8, 4) is 11.4 Å². The van der Waals surface area contributed by atoms with Gasteiger partial charge in [-0.1, -0.05) is 23.9 Å². The summed E-state index contributed by atoms with van der Waals surface area (Å²) in [5, 5.41) is 9.66. The zero-order valence-electron chi connectivity index (χ0n) is 12.0. The second kappa shape index (κ2) is 5.30. The van der Waals surface area contributed by atoms with Crippen LogP contribution in [0.1, 0.15) is 12.8 Å². The lowest BCUT2D eigenvalue weighted by Gasteiger charge is -2.16. The van der Waals surface area contributed by atoms with Crippen molar-refractivity contribution < 1.29 is 0 Å². The van der Waals surface area contributed by atoms with Crippen LogP contribution in [0, 0.1) is 17.8 Å². The average Bonchev–Trinajstić information content (AvgIpc) is 3.22. The number of fused-ring (bicyclic) bond motifs is 2. The van der Waals surface area contributed by atoms with Gasteiger partial charge in [0.2, 0.25) is 0 Å². The summed E-state index contributed by atoms with van der Waals surface area (Å²) in [5.74, 6) is 4.48. The van der Waals surface area contributed by atoms with Crippen LogP contribution in [-0.4, -0.2) is 25.5 Å². The lowest BCUT2D eigenvalue weighted by Crippen LogP contribution is -2.10. The summed E-state index contributed by atoms with van der Waals surface area (Å²) in [4.78, 5) is 4.15. The smallest absolute Gasteiger partial charge is 0.191 e. The lowest BCUT2D eigenvalue weighted by atomic mass is 9.96. The topological polar surface area (TPSA) is 43.6 Å². The van der Waals surface area contributed by atoms with E-state index in [0.29, 0.717) is 0 Å². The molecular weight excluding hydrogens is 280 g/mol. The Labute approximate surface area is 128 Å². The predicted molar refractivity (Wildman–Crippen MR) is 83.8 cm³/mol. The van der Waals surface area contributed by atoms with Crippen molar-refractivity contribution in [2.45, 2.75) is 18.0 Å². The first kappa shape index (κ1) is 13.1. The number of rotatable bonds is 4. The fraction of sp³-hybridized carbons (Fsp3) is 0.438. The molecule has 3 atom stereocenters. The number of thioether (sulfide) groups is 1. The molecule has 0 N–H and O–H groups in total. The molecule has 1 unspecified atom stereocenters. The summed E-state index contributed by atoms with van der Waals surface area (Å²) in [6.07, 6.45) is 11.1. The summed E-state index contributed by atoms with van der Waals surface area (Å²) in [5.41, 5.74) is 1.02. The van der Waals surface area contributed by atoms with Crippen LogP contribution in [0.2, 0.25) is 0 Å². The van der Waals surface area contributed by atoms with Gasteiger partial charge in [-0.3, -0.25) is 4.98 Å². The van der Waals surface area contributed by atoms with Gasteiger partial charge in [-0.15, -0.1) is 10.2 Å². The number of hydrogen-bond acceptors (Lipinski definition) is 4. The van der Waals surface area contributed by atoms with Crippen LogP contribution in [0.25, 0.3) is 11.4 Å². The molecule has 108 valence electrons. The van der Waals surface area contributed by atoms with Gasteiger partial charge >= 0.3 is 0 Å². The maximum Gasteiger partial charge on any atom is 0.191 e. The van der Waals surface area contributed by atoms with Crippen LogP contribution in [-0.2, 0) is 7.05 Å². The van der Waals surface area contributed by atoms with Crippen LogP contribution < -0.4 is 0 Å². The zero-order valence-corrected chi connectivity index (χ0v) is 12.8. The standard InChI is InChI=1S/C16H18N4S/c1-20-15(13-3-2-6-17-9-13)18-19-16(20)21-10-14-8-11-4-5-12(14)7-11/h2-6,9,11-12,14H,7-8,10H2,1H3/t11-,12+,14?/m0/s1. The van der Waals surface area contributed by atoms with Crippen LogP contribution >= 0.6 is 11.8 Å². The van der Waals surface area contributed by atoms with E-state index < -0.39 is 0 Å². The number of nitrogens with zero attached hydrogens (tertiary/aromatic N) is 4. The summed E-state index contributed by atoms with van der Waals surface area (Å²) >= 11 is 1.83. The number of aromatic nitrogens is 4. The van der Waals surface area contributed by atoms with Gasteiger partial charge in [0.15, 0.2) is 11.0 Å². The van der Waals surface area contributed by atoms with Crippen molar-refractivity contribution in [2.24, 2.45) is 24.8 Å². The molecule has 4 rings (SSSR count). The molecule has 2 aliphatic rings. The van der Waals surface area contributed by atoms with Crippen LogP contribution in [0.3, 0.4) is 0 Å². The molecule has 0 radical (unpaired) electrons. The largest absolute Gasteiger partial charge is 0.305 e. The maximum absolute atomic E-state index is 4.35. The van der Waals surface area contributed by atoms with Gasteiger partial charge in [0.1, 0.15) is 0 Å². The molecule has 0 aliphatic heterocycles. The van der Waals surface area contributed by atoms with E-state index in [0.717, 1.165) is 40.1 Å². The molecular formula is C16H18N4S. The first-order valence-electron chi connectivity index (χ1n) is 7.42. The van der Waals surface area contributed by atoms with Gasteiger partial charge in [0.25, 0.3) is 0 Å². The summed E-state index contributed by atoms with van der Waals surface area (Å²) in [7, 11) is 2.03. The zero-order chi connectivity index (χ0) is 14.2. The van der Waals surface area contributed by atoms with Gasteiger partial charge in [-0.2, -0.15) is 0 Å². The fourth-order valence-electron chi connectivity index (χ4n) is 3.45. The Morgan fingerprint density at radius 2 is 2.24 bits per heavy atom. The van der Waals surface area contributed by atoms with E-state index in [2.05, 4.69) is 31.9 Å². The van der Waals surface area contributed by atoms with Gasteiger partial charge in [-0.25, -0.2) is 0 Å². The highest BCUT2D eigenvalue weighted by atomic mass is 32.2. The SMILES string of the molecule is Cn1c(SCC2C[C@H]3C=C[C@@H]2C3)nnc1-c1cccnc1. The van der Waals surface area contributed by atoms with Crippen LogP contribution in [0.4, 0.5) is 0 Å². The van der Waals surface area contributed by atoms with Crippen molar-refractivity contribution >= 4 is 11.8 Å². The third-order valence-electron chi connectivity index (χ3n) is 4.60. The predicted octanol–water partition coefficient (Wildman–Crippen LogP) is 3.18. The molecule has 0 spiro atoms. The highest BCUT2D eigenvalue weighted by Gasteiger charge is 2.35. The van der Waals surface area contributed by atoms with Crippen LogP contribution in [0.5, 0.6) is 0 Å². The van der Waals surface area contributed by atoms with Crippen molar-refractivity contribution in [1.29, 1.82) is 0 Å². The van der Waals surface area contributed by atoms with Crippen molar-refractivity contribution in [1.82, 2.24) is 19.7 Å². The minimum absolute atomic E-state index is 0.800. The number of pyridine rings is 1. The molecule has 21 heavy (non-hydrogen) atoms. The van der Waals surface area contributed by atoms with E-state index in [9.17, 15) is 0 Å². The summed E-state index contributed by atoms with van der Waals surface area (Å²) in [6, 6.07) is 3.95. The highest BCUT2D eigenvalue weighted by molar-refractivity contribution is 7.99. The summed E-state index contributed by atoms with van der Waals surface area (Å²) < 4.78 is 2.07. The minimum Gasteiger partial charge on any atom is -0.305 e. The third-order valence-corrected chi connectivity index (χ3v) is 5.81. The first-order valence-corrected chi connectivity index (χ1v) is 8.41. The molecule has 4 nitrogen and oxygen atoms in total. The van der Waals surface area contributed by atoms with Crippen LogP contribution in [0.15, 0.2) is 41.8 Å². The van der Waals surface area contributed by atoms with Crippen molar-refractivity contribution in [2.75, 3.05) is 5.75 Å². The molecule has 1 fully saturated rings. The molecule has 2 aliphatic carbocycles. The molecule has 0 aromatic carbocycles. The monoisotopic (exact) mass is 298 g/mol. The lowest BCUT2D eigenvalue weighted by molar-refractivity contribution is 0.501. The second-order valence-corrected chi connectivity index (χ2v) is 6.95. The molecule has 0 saturated heterocycles. The minimum atomic E-state index is 0.800. The van der Waals surface area contributed by atoms with E-state index in [4.69, 9.17) is 0 Å². The molecule has 0 amide bonds. The van der Waals surface area contributed by atoms with E-state index in [1.54, 1.807) is 6.20 Å². The normalized spacial score (nSPS) is 26.6. The first-order chi connectivity index (χ1) is 10.3. The Balaban J connectivity index is 1.47. The van der Waals surface area contributed by atoms with Crippen molar-refractivity contribution in [3.63, 3.8) is 0 Å². The van der Waals surface area contributed by atoms with Crippen molar-refractivity contribution in [3.05, 3.63) is 36.7 Å². The van der Waals surface area contributed by atoms with E-state index in [1.807, 2.05) is 37.1 Å². The fourth-order valence-corrected chi connectivity index (χ4v) is 4.58. The van der Waals surface area contributed by atoms with Gasteiger partial charge < -0.3 is 4.57 Å². The molecule has 2 aromatic rings. The molecule has 5 heteroatoms. The Kier molecular flexibility index (Phi) is 3.30. The van der Waals surface area contributed by atoms with Gasteiger partial charge in [-0.05, 0) is 42.7 Å². The average molecular weight is 298 g/mol. The Morgan fingerprint density at radius 1 is 1.29 bits per heavy atom. The van der Waals surface area contributed by atoms with Gasteiger partial charge in [0, 0.05) is 30.8 Å². The molecule has 2 heterocycles. The quantitative estimate of drug-likeness (QED) is 0.642. The Bertz CT molecular complexity index is 664. The molecule has 2 aromatic heterocycles. The second-order valence-electron chi connectivity index (χ2n) is 5.96. The number of allylic oxidation sites excluding steroid dienone is 2. The molecule has 2 bridgehead atoms. The highest BCUT2D eigenvalue weighted by Crippen LogP contribution is 2.45.